The van der Waals surface area contributed by atoms with E-state index < -0.39 is 81.9 Å². The molecule has 37 heavy (non-hydrogen) atoms. The van der Waals surface area contributed by atoms with Crippen molar-refractivity contribution >= 4 is 7.26 Å². The molecule has 0 bridgehead atoms. The van der Waals surface area contributed by atoms with E-state index in [2.05, 4.69) is 0 Å². The number of hydrogen-bond acceptors (Lipinski definition) is 1. The number of hydrogen-bond donors (Lipinski definition) is 1. The van der Waals surface area contributed by atoms with Gasteiger partial charge >= 0.3 is 0 Å². The fourth-order valence-corrected chi connectivity index (χ4v) is 10.4. The van der Waals surface area contributed by atoms with E-state index >= 15 is 17.6 Å². The Kier molecular flexibility index (Phi) is 10.4. The second-order valence-corrected chi connectivity index (χ2v) is 13.2. The van der Waals surface area contributed by atoms with Crippen molar-refractivity contribution in [1.82, 2.24) is 0 Å². The highest BCUT2D eigenvalue weighted by molar-refractivity contribution is 7.77. The molecule has 0 saturated carbocycles. The van der Waals surface area contributed by atoms with Gasteiger partial charge in [0.05, 0.1) is 25.7 Å². The van der Waals surface area contributed by atoms with Crippen LogP contribution >= 0.6 is 7.26 Å². The Labute approximate surface area is 209 Å². The molecule has 2 aromatic rings. The van der Waals surface area contributed by atoms with Crippen molar-refractivity contribution in [3.05, 3.63) is 69.3 Å². The van der Waals surface area contributed by atoms with Gasteiger partial charge in [0.25, 0.3) is 0 Å². The van der Waals surface area contributed by atoms with Crippen LogP contribution in [0.1, 0.15) is 70.4 Å². The molecule has 2 aromatic carbocycles. The first-order chi connectivity index (χ1) is 17.3. The third kappa shape index (κ3) is 5.22. The minimum absolute atomic E-state index is 0.168. The smallest absolute Gasteiger partial charge is 0.237 e. The third-order valence-electron chi connectivity index (χ3n) is 6.62. The predicted molar refractivity (Wildman–Crippen MR) is 122 cm³/mol. The number of halogens is 10. The van der Waals surface area contributed by atoms with Gasteiger partial charge in [0.15, 0.2) is 46.5 Å². The summed E-state index contributed by atoms with van der Waals surface area (Å²) in [7, 11) is -3.74. The number of rotatable bonds is 12. The molecule has 0 aliphatic rings. The summed E-state index contributed by atoms with van der Waals surface area (Å²) >= 11 is 0. The summed E-state index contributed by atoms with van der Waals surface area (Å²) in [6.07, 6.45) is 1.24. The van der Waals surface area contributed by atoms with E-state index in [0.29, 0.717) is 19.3 Å². The molecular formula is C25H28F10OP+. The van der Waals surface area contributed by atoms with Crippen LogP contribution in [-0.4, -0.2) is 23.6 Å². The van der Waals surface area contributed by atoms with Gasteiger partial charge in [-0.1, -0.05) is 40.0 Å². The van der Waals surface area contributed by atoms with Crippen LogP contribution in [0.5, 0.6) is 0 Å². The highest BCUT2D eigenvalue weighted by Gasteiger charge is 2.64. The van der Waals surface area contributed by atoms with Gasteiger partial charge in [-0.05, 0) is 19.3 Å². The van der Waals surface area contributed by atoms with Gasteiger partial charge in [0.2, 0.25) is 17.0 Å². The van der Waals surface area contributed by atoms with Gasteiger partial charge in [0.1, 0.15) is 11.1 Å². The topological polar surface area (TPSA) is 20.2 Å². The van der Waals surface area contributed by atoms with E-state index in [-0.39, 0.29) is 37.7 Å². The van der Waals surface area contributed by atoms with Crippen LogP contribution in [0.15, 0.2) is 0 Å². The standard InChI is InChI=1S/C25H28F10OP/c1-4-7-10-37(11-8-5-2,12-9-6-3)25(36,13-15(26)19(30)23(34)20(31)16(13)27)14-17(28)21(32)24(35)22(33)18(14)29/h36H,4-12H2,1-3H3/q+1. The highest BCUT2D eigenvalue weighted by Crippen LogP contribution is 2.76. The monoisotopic (exact) mass is 565 g/mol. The van der Waals surface area contributed by atoms with Gasteiger partial charge in [-0.3, -0.25) is 0 Å². The molecule has 1 N–H and O–H groups in total. The van der Waals surface area contributed by atoms with Crippen molar-refractivity contribution in [2.24, 2.45) is 0 Å². The Balaban J connectivity index is 3.28. The summed E-state index contributed by atoms with van der Waals surface area (Å²) in [5.41, 5.74) is -4.02. The molecule has 0 heterocycles. The van der Waals surface area contributed by atoms with E-state index in [0.717, 1.165) is 0 Å². The molecule has 0 fully saturated rings. The Morgan fingerprint density at radius 1 is 0.459 bits per heavy atom. The van der Waals surface area contributed by atoms with Crippen LogP contribution < -0.4 is 0 Å². The second-order valence-electron chi connectivity index (χ2n) is 8.94. The molecule has 0 radical (unpaired) electrons. The molecule has 0 spiro atoms. The predicted octanol–water partition coefficient (Wildman–Crippen LogP) is 8.69. The Morgan fingerprint density at radius 2 is 0.676 bits per heavy atom. The normalized spacial score (nSPS) is 12.5. The zero-order valence-electron chi connectivity index (χ0n) is 20.5. The average Bonchev–Trinajstić information content (AvgIpc) is 2.88. The Bertz CT molecular complexity index is 988. The first-order valence-electron chi connectivity index (χ1n) is 11.9. The van der Waals surface area contributed by atoms with Crippen LogP contribution in [0.2, 0.25) is 0 Å². The molecule has 2 rings (SSSR count). The fourth-order valence-electron chi connectivity index (χ4n) is 4.62. The minimum atomic E-state index is -3.74. The molecule has 0 aliphatic heterocycles. The highest BCUT2D eigenvalue weighted by atomic mass is 31.2. The van der Waals surface area contributed by atoms with Gasteiger partial charge < -0.3 is 5.11 Å². The first-order valence-corrected chi connectivity index (χ1v) is 14.3. The van der Waals surface area contributed by atoms with Crippen LogP contribution in [0.25, 0.3) is 0 Å². The van der Waals surface area contributed by atoms with Gasteiger partial charge in [-0.15, -0.1) is 0 Å². The third-order valence-corrected chi connectivity index (χ3v) is 12.0. The van der Waals surface area contributed by atoms with E-state index in [1.165, 1.54) is 0 Å². The fraction of sp³-hybridized carbons (Fsp3) is 0.520. The summed E-state index contributed by atoms with van der Waals surface area (Å²) in [4.78, 5) is 0. The molecule has 0 unspecified atom stereocenters. The molecule has 0 amide bonds. The largest absolute Gasteiger partial charge is 0.349 e. The van der Waals surface area contributed by atoms with Crippen molar-refractivity contribution in [3.8, 4) is 0 Å². The van der Waals surface area contributed by atoms with E-state index in [9.17, 15) is 31.4 Å². The summed E-state index contributed by atoms with van der Waals surface area (Å²) in [6.45, 7) is 5.05. The molecule has 0 saturated heterocycles. The SMILES string of the molecule is CCCC[P+](CCCC)(CCCC)C(O)(c1c(F)c(F)c(F)c(F)c1F)c1c(F)c(F)c(F)c(F)c1F. The summed E-state index contributed by atoms with van der Waals surface area (Å²) in [6, 6.07) is 0. The van der Waals surface area contributed by atoms with Crippen LogP contribution in [0.4, 0.5) is 43.9 Å². The molecular weight excluding hydrogens is 537 g/mol. The van der Waals surface area contributed by atoms with Crippen molar-refractivity contribution in [1.29, 1.82) is 0 Å². The zero-order valence-corrected chi connectivity index (χ0v) is 21.4. The second kappa shape index (κ2) is 12.3. The van der Waals surface area contributed by atoms with Crippen LogP contribution in [-0.2, 0) is 5.34 Å². The lowest BCUT2D eigenvalue weighted by Crippen LogP contribution is -2.40. The maximum Gasteiger partial charge on any atom is 0.237 e. The Hall–Kier alpha value is -1.87. The van der Waals surface area contributed by atoms with Gasteiger partial charge in [-0.25, -0.2) is 43.9 Å². The van der Waals surface area contributed by atoms with Crippen molar-refractivity contribution in [2.75, 3.05) is 18.5 Å². The molecule has 0 aliphatic carbocycles. The van der Waals surface area contributed by atoms with Gasteiger partial charge in [-0.2, -0.15) is 0 Å². The zero-order chi connectivity index (χ0) is 28.3. The lowest BCUT2D eigenvalue weighted by molar-refractivity contribution is 0.141. The molecule has 0 atom stereocenters. The van der Waals surface area contributed by atoms with Crippen molar-refractivity contribution in [2.45, 2.75) is 64.6 Å². The maximum atomic E-state index is 15.3. The van der Waals surface area contributed by atoms with Crippen LogP contribution in [0.3, 0.4) is 0 Å². The summed E-state index contributed by atoms with van der Waals surface area (Å²) in [5, 5.41) is 8.40. The Morgan fingerprint density at radius 3 is 0.892 bits per heavy atom. The molecule has 0 aromatic heterocycles. The lowest BCUT2D eigenvalue weighted by Gasteiger charge is -2.43. The van der Waals surface area contributed by atoms with E-state index in [4.69, 9.17) is 0 Å². The van der Waals surface area contributed by atoms with Crippen LogP contribution in [0, 0.1) is 58.2 Å². The molecule has 12 heteroatoms. The van der Waals surface area contributed by atoms with E-state index in [1.807, 2.05) is 0 Å². The quantitative estimate of drug-likeness (QED) is 0.118. The minimum Gasteiger partial charge on any atom is -0.349 e. The molecule has 1 nitrogen and oxygen atoms in total. The summed E-state index contributed by atoms with van der Waals surface area (Å²) in [5.74, 6) is -25.7. The average molecular weight is 565 g/mol. The number of aliphatic hydroxyl groups is 1. The number of unbranched alkanes of at least 4 members (excludes halogenated alkanes) is 3. The lowest BCUT2D eigenvalue weighted by atomic mass is 9.97. The first kappa shape index (κ1) is 31.3. The van der Waals surface area contributed by atoms with E-state index in [1.54, 1.807) is 20.8 Å². The molecule has 208 valence electrons. The van der Waals surface area contributed by atoms with Gasteiger partial charge in [0, 0.05) is 0 Å². The van der Waals surface area contributed by atoms with Crippen molar-refractivity contribution in [3.63, 3.8) is 0 Å². The maximum absolute atomic E-state index is 15.3. The number of benzene rings is 2. The summed E-state index contributed by atoms with van der Waals surface area (Å²) < 4.78 is 146. The van der Waals surface area contributed by atoms with Crippen molar-refractivity contribution < 1.29 is 49.0 Å².